The van der Waals surface area contributed by atoms with Gasteiger partial charge in [-0.25, -0.2) is 20.8 Å². The number of anilines is 3. The molecule has 0 aliphatic carbocycles. The van der Waals surface area contributed by atoms with Gasteiger partial charge in [0.15, 0.2) is 5.84 Å². The fraction of sp³-hybridized carbons (Fsp3) is 0.311. The van der Waals surface area contributed by atoms with E-state index >= 15 is 4.39 Å². The molecule has 14 N–H and O–H groups in total. The van der Waals surface area contributed by atoms with Gasteiger partial charge in [-0.15, -0.1) is 5.10 Å². The molecule has 3 aromatic carbocycles. The van der Waals surface area contributed by atoms with Crippen molar-refractivity contribution in [3.63, 3.8) is 0 Å². The maximum absolute atomic E-state index is 15.2. The second-order valence-electron chi connectivity index (χ2n) is 15.6. The van der Waals surface area contributed by atoms with E-state index in [4.69, 9.17) is 23.0 Å². The molecule has 2 atom stereocenters. The van der Waals surface area contributed by atoms with Crippen molar-refractivity contribution in [3.8, 4) is 0 Å². The van der Waals surface area contributed by atoms with E-state index < -0.39 is 41.5 Å². The number of hydrogen-bond donors (Lipinski definition) is 10. The number of carbonyl (C=O) groups is 8. The molecule has 23 heteroatoms. The number of aldehydes is 1. The first-order valence-corrected chi connectivity index (χ1v) is 21.6. The van der Waals surface area contributed by atoms with E-state index in [9.17, 15) is 38.4 Å². The van der Waals surface area contributed by atoms with Crippen LogP contribution in [-0.2, 0) is 41.6 Å². The van der Waals surface area contributed by atoms with Gasteiger partial charge in [-0.2, -0.15) is 4.98 Å². The van der Waals surface area contributed by atoms with E-state index in [0.29, 0.717) is 61.5 Å². The van der Waals surface area contributed by atoms with Crippen LogP contribution in [0.1, 0.15) is 82.9 Å². The Balaban J connectivity index is 1.03. The summed E-state index contributed by atoms with van der Waals surface area (Å²) in [5, 5.41) is 16.9. The predicted molar refractivity (Wildman–Crippen MR) is 249 cm³/mol. The standard InChI is InChI=1S/C45H53FN14O8/c1-25(53-35(63)23-52-34(62)7-3-2-4-21-60-36(64)18-19-37(60)65)42(66)54-29-15-16-31(32(22-29)40(47)58-59-50)44(68)51-20-5-6-30(24-61)55-43(67)28-12-9-26(10-13-28)8-11-27-14-17-33-38(39(27)46)41(48)57-45(49)56-33/h9-10,12-19,22,24-25,30,59H,2-8,11,20-21,23,50H2,1H3,(H2,47,58)(H,51,68)(H,52,62)(H,53,63)(H,54,66)(H,55,67)(H4,48,49,56,57). The number of unbranched alkanes of at least 4 members (excludes halogenated alkanes) is 2. The summed E-state index contributed by atoms with van der Waals surface area (Å²) in [6, 6.07) is 12.2. The van der Waals surface area contributed by atoms with E-state index in [0.717, 1.165) is 10.5 Å². The zero-order valence-corrected chi connectivity index (χ0v) is 37.1. The highest BCUT2D eigenvalue weighted by Crippen LogP contribution is 2.26. The van der Waals surface area contributed by atoms with Gasteiger partial charge in [0.25, 0.3) is 23.6 Å². The van der Waals surface area contributed by atoms with E-state index in [2.05, 4.69) is 47.2 Å². The number of nitrogens with two attached hydrogens (primary N) is 4. The zero-order valence-electron chi connectivity index (χ0n) is 37.1. The number of halogens is 1. The van der Waals surface area contributed by atoms with Crippen LogP contribution in [0.5, 0.6) is 0 Å². The molecule has 0 spiro atoms. The Kier molecular flexibility index (Phi) is 18.1. The van der Waals surface area contributed by atoms with E-state index in [1.165, 1.54) is 37.3 Å². The van der Waals surface area contributed by atoms with Crippen LogP contribution in [0.4, 0.5) is 21.8 Å². The molecule has 0 saturated carbocycles. The largest absolute Gasteiger partial charge is 0.383 e. The topological polar surface area (TPSA) is 354 Å². The Bertz CT molecular complexity index is 2610. The third-order valence-corrected chi connectivity index (χ3v) is 10.7. The Labute approximate surface area is 389 Å². The minimum atomic E-state index is -1.04. The van der Waals surface area contributed by atoms with Crippen LogP contribution >= 0.6 is 0 Å². The highest BCUT2D eigenvalue weighted by molar-refractivity contribution is 6.13. The lowest BCUT2D eigenvalue weighted by molar-refractivity contribution is -0.137. The second-order valence-corrected chi connectivity index (χ2v) is 15.6. The number of hydrogen-bond acceptors (Lipinski definition) is 15. The second kappa shape index (κ2) is 24.3. The first-order valence-electron chi connectivity index (χ1n) is 21.6. The number of imide groups is 1. The van der Waals surface area contributed by atoms with Gasteiger partial charge in [0.2, 0.25) is 23.7 Å². The lowest BCUT2D eigenvalue weighted by Gasteiger charge is -2.16. The maximum atomic E-state index is 15.2. The molecule has 0 radical (unpaired) electrons. The van der Waals surface area contributed by atoms with Gasteiger partial charge >= 0.3 is 0 Å². The van der Waals surface area contributed by atoms with Crippen LogP contribution in [0.3, 0.4) is 0 Å². The van der Waals surface area contributed by atoms with Crippen molar-refractivity contribution in [3.05, 3.63) is 100 Å². The number of hydrazone groups is 1. The number of nitrogens with one attached hydrogen (secondary N) is 6. The first-order chi connectivity index (χ1) is 32.6. The quantitative estimate of drug-likeness (QED) is 0.00862. The number of hydrazine groups is 1. The average molecular weight is 937 g/mol. The van der Waals surface area contributed by atoms with Crippen molar-refractivity contribution in [2.45, 2.75) is 70.4 Å². The SMILES string of the molecule is CC(NC(=O)CNC(=O)CCCCCN1C(=O)C=CC1=O)C(=O)Nc1ccc(C(=O)NCCCC(C=O)NC(=O)c2ccc(CCc3ccc4nc(N)nc(N)c4c3F)cc2)c(/C(N)=N/NN)c1. The van der Waals surface area contributed by atoms with Gasteiger partial charge in [0, 0.05) is 48.5 Å². The molecule has 1 aromatic heterocycles. The van der Waals surface area contributed by atoms with Crippen LogP contribution in [0, 0.1) is 5.82 Å². The van der Waals surface area contributed by atoms with Gasteiger partial charge in [-0.1, -0.05) is 24.6 Å². The highest BCUT2D eigenvalue weighted by atomic mass is 19.1. The van der Waals surface area contributed by atoms with Crippen LogP contribution in [0.2, 0.25) is 0 Å². The Morgan fingerprint density at radius 2 is 1.57 bits per heavy atom. The molecule has 5 rings (SSSR count). The molecular formula is C45H53FN14O8. The molecule has 1 aliphatic rings. The third-order valence-electron chi connectivity index (χ3n) is 10.7. The Hall–Kier alpha value is -8.34. The number of benzene rings is 3. The van der Waals surface area contributed by atoms with Gasteiger partial charge in [0.1, 0.15) is 24.0 Å². The lowest BCUT2D eigenvalue weighted by Crippen LogP contribution is -2.45. The summed E-state index contributed by atoms with van der Waals surface area (Å²) in [5.41, 5.74) is 21.9. The summed E-state index contributed by atoms with van der Waals surface area (Å²) in [6.07, 6.45) is 6.02. The van der Waals surface area contributed by atoms with Crippen LogP contribution in [-0.4, -0.2) is 100 Å². The number of aryl methyl sites for hydroxylation is 2. The number of aromatic nitrogens is 2. The number of rotatable bonds is 24. The van der Waals surface area contributed by atoms with Gasteiger partial charge in [-0.3, -0.25) is 38.5 Å². The molecule has 2 heterocycles. The normalized spacial score (nSPS) is 13.2. The van der Waals surface area contributed by atoms with E-state index in [1.54, 1.807) is 36.4 Å². The lowest BCUT2D eigenvalue weighted by atomic mass is 10.0. The van der Waals surface area contributed by atoms with Crippen molar-refractivity contribution in [1.82, 2.24) is 41.7 Å². The van der Waals surface area contributed by atoms with Crippen LogP contribution < -0.4 is 55.2 Å². The summed E-state index contributed by atoms with van der Waals surface area (Å²) in [7, 11) is 0. The van der Waals surface area contributed by atoms with E-state index in [-0.39, 0.29) is 90.0 Å². The molecule has 0 fully saturated rings. The van der Waals surface area contributed by atoms with Crippen molar-refractivity contribution in [2.24, 2.45) is 16.7 Å². The number of nitrogen functional groups attached to an aromatic ring is 2. The minimum absolute atomic E-state index is 0.0455. The summed E-state index contributed by atoms with van der Waals surface area (Å²) >= 11 is 0. The molecule has 2 unspecified atom stereocenters. The number of amidine groups is 1. The van der Waals surface area contributed by atoms with Gasteiger partial charge in [-0.05, 0) is 93.0 Å². The first kappa shape index (κ1) is 50.7. The smallest absolute Gasteiger partial charge is 0.253 e. The fourth-order valence-corrected chi connectivity index (χ4v) is 7.03. The summed E-state index contributed by atoms with van der Waals surface area (Å²) in [6.45, 7) is 1.41. The number of amides is 7. The van der Waals surface area contributed by atoms with E-state index in [1.807, 2.05) is 0 Å². The number of nitrogens with zero attached hydrogens (tertiary/aromatic N) is 4. The monoisotopic (exact) mass is 936 g/mol. The molecule has 22 nitrogen and oxygen atoms in total. The van der Waals surface area contributed by atoms with Crippen molar-refractivity contribution < 1.29 is 42.7 Å². The van der Waals surface area contributed by atoms with Crippen LogP contribution in [0.15, 0.2) is 71.9 Å². The average Bonchev–Trinajstić information content (AvgIpc) is 3.63. The summed E-state index contributed by atoms with van der Waals surface area (Å²) in [4.78, 5) is 108. The van der Waals surface area contributed by atoms with Crippen molar-refractivity contribution in [1.29, 1.82) is 0 Å². The zero-order chi connectivity index (χ0) is 49.3. The molecule has 4 aromatic rings. The Morgan fingerprint density at radius 1 is 0.838 bits per heavy atom. The van der Waals surface area contributed by atoms with Crippen molar-refractivity contribution in [2.75, 3.05) is 36.4 Å². The molecule has 358 valence electrons. The van der Waals surface area contributed by atoms with Gasteiger partial charge in [0.05, 0.1) is 29.1 Å². The molecule has 68 heavy (non-hydrogen) atoms. The maximum Gasteiger partial charge on any atom is 0.253 e. The molecule has 7 amide bonds. The van der Waals surface area contributed by atoms with Crippen LogP contribution in [0.25, 0.3) is 10.9 Å². The molecule has 0 saturated heterocycles. The Morgan fingerprint density at radius 3 is 2.28 bits per heavy atom. The third kappa shape index (κ3) is 14.1. The molecular weight excluding hydrogens is 884 g/mol. The predicted octanol–water partition coefficient (Wildman–Crippen LogP) is 0.354. The number of carbonyl (C=O) groups excluding carboxylic acids is 8. The van der Waals surface area contributed by atoms with Gasteiger partial charge < -0.3 is 48.6 Å². The summed E-state index contributed by atoms with van der Waals surface area (Å²) < 4.78 is 15.2. The van der Waals surface area contributed by atoms with Crippen molar-refractivity contribution >= 4 is 81.8 Å². The minimum Gasteiger partial charge on any atom is -0.383 e. The molecule has 0 bridgehead atoms. The summed E-state index contributed by atoms with van der Waals surface area (Å²) in [5.74, 6) is 1.11. The highest BCUT2D eigenvalue weighted by Gasteiger charge is 2.23. The fourth-order valence-electron chi connectivity index (χ4n) is 7.03. The number of fused-ring (bicyclic) bond motifs is 1. The molecule has 1 aliphatic heterocycles.